The van der Waals surface area contributed by atoms with E-state index in [1.54, 1.807) is 19.6 Å². The van der Waals surface area contributed by atoms with Crippen molar-refractivity contribution in [1.82, 2.24) is 9.55 Å². The fourth-order valence-corrected chi connectivity index (χ4v) is 3.50. The van der Waals surface area contributed by atoms with Crippen molar-refractivity contribution in [2.75, 3.05) is 32.2 Å². The molecule has 0 amide bonds. The predicted octanol–water partition coefficient (Wildman–Crippen LogP) is 3.67. The van der Waals surface area contributed by atoms with E-state index in [0.29, 0.717) is 19.8 Å². The molecule has 1 aliphatic rings. The average Bonchev–Trinajstić information content (AvgIpc) is 3.44. The van der Waals surface area contributed by atoms with Crippen LogP contribution in [0, 0.1) is 0 Å². The topological polar surface area (TPSA) is 66.8 Å². The van der Waals surface area contributed by atoms with Crippen LogP contribution in [0.3, 0.4) is 0 Å². The molecule has 0 spiro atoms. The number of ether oxygens (including phenoxy) is 4. The second-order valence-corrected chi connectivity index (χ2v) is 7.13. The molecule has 2 aromatic carbocycles. The van der Waals surface area contributed by atoms with Gasteiger partial charge in [0.25, 0.3) is 0 Å². The van der Waals surface area contributed by atoms with Crippen molar-refractivity contribution in [3.8, 4) is 11.5 Å². The summed E-state index contributed by atoms with van der Waals surface area (Å²) in [5.74, 6) is 0.683. The standard InChI is InChI=1S/C23H27N3O4/c1-3-25-19-6-10-21(11-7-19)28-14-22-15-29-23(30-22,16-26-13-12-24-17-26)18-4-8-20(27-2)9-5-18/h4-13,17,22,25H,3,14-16H2,1-2H3. The maximum absolute atomic E-state index is 6.42. The van der Waals surface area contributed by atoms with Gasteiger partial charge >= 0.3 is 0 Å². The van der Waals surface area contributed by atoms with E-state index in [0.717, 1.165) is 29.3 Å². The van der Waals surface area contributed by atoms with E-state index in [4.69, 9.17) is 18.9 Å². The van der Waals surface area contributed by atoms with Gasteiger partial charge in [-0.3, -0.25) is 0 Å². The summed E-state index contributed by atoms with van der Waals surface area (Å²) >= 11 is 0. The highest BCUT2D eigenvalue weighted by Gasteiger charge is 2.44. The van der Waals surface area contributed by atoms with E-state index >= 15 is 0 Å². The molecule has 1 aromatic heterocycles. The summed E-state index contributed by atoms with van der Waals surface area (Å²) < 4.78 is 25.8. The molecule has 3 aromatic rings. The summed E-state index contributed by atoms with van der Waals surface area (Å²) in [4.78, 5) is 4.13. The number of hydrogen-bond donors (Lipinski definition) is 1. The number of imidazole rings is 1. The fraction of sp³-hybridized carbons (Fsp3) is 0.348. The highest BCUT2D eigenvalue weighted by atomic mass is 16.8. The molecule has 2 unspecified atom stereocenters. The van der Waals surface area contributed by atoms with Crippen molar-refractivity contribution in [2.45, 2.75) is 25.4 Å². The Bertz CT molecular complexity index is 913. The minimum absolute atomic E-state index is 0.191. The van der Waals surface area contributed by atoms with Gasteiger partial charge in [0.15, 0.2) is 0 Å². The Morgan fingerprint density at radius 3 is 2.57 bits per heavy atom. The highest BCUT2D eigenvalue weighted by Crippen LogP contribution is 2.37. The van der Waals surface area contributed by atoms with E-state index in [-0.39, 0.29) is 6.10 Å². The third-order valence-corrected chi connectivity index (χ3v) is 5.01. The van der Waals surface area contributed by atoms with E-state index in [9.17, 15) is 0 Å². The van der Waals surface area contributed by atoms with Gasteiger partial charge in [-0.05, 0) is 55.5 Å². The largest absolute Gasteiger partial charge is 0.497 e. The summed E-state index contributed by atoms with van der Waals surface area (Å²) in [6.45, 7) is 4.30. The zero-order chi connectivity index (χ0) is 20.8. The van der Waals surface area contributed by atoms with Crippen LogP contribution in [0.15, 0.2) is 67.3 Å². The number of benzene rings is 2. The van der Waals surface area contributed by atoms with Gasteiger partial charge in [-0.25, -0.2) is 4.98 Å². The van der Waals surface area contributed by atoms with Crippen molar-refractivity contribution < 1.29 is 18.9 Å². The Kier molecular flexibility index (Phi) is 6.21. The molecule has 1 saturated heterocycles. The van der Waals surface area contributed by atoms with Crippen LogP contribution in [0.4, 0.5) is 5.69 Å². The number of aromatic nitrogens is 2. The quantitative estimate of drug-likeness (QED) is 0.582. The molecule has 158 valence electrons. The van der Waals surface area contributed by atoms with Gasteiger partial charge in [-0.1, -0.05) is 0 Å². The molecule has 30 heavy (non-hydrogen) atoms. The molecule has 1 aliphatic heterocycles. The number of nitrogens with zero attached hydrogens (tertiary/aromatic N) is 2. The van der Waals surface area contributed by atoms with Crippen LogP contribution in [0.1, 0.15) is 12.5 Å². The Balaban J connectivity index is 1.45. The first-order chi connectivity index (χ1) is 14.7. The van der Waals surface area contributed by atoms with Crippen molar-refractivity contribution in [3.05, 3.63) is 72.8 Å². The van der Waals surface area contributed by atoms with Crippen LogP contribution >= 0.6 is 0 Å². The summed E-state index contributed by atoms with van der Waals surface area (Å²) in [7, 11) is 1.65. The number of nitrogens with one attached hydrogen (secondary N) is 1. The Labute approximate surface area is 176 Å². The third kappa shape index (κ3) is 4.58. The Hall–Kier alpha value is -3.03. The summed E-state index contributed by atoms with van der Waals surface area (Å²) in [6, 6.07) is 15.7. The van der Waals surface area contributed by atoms with Gasteiger partial charge in [-0.2, -0.15) is 0 Å². The molecule has 2 atom stereocenters. The van der Waals surface area contributed by atoms with E-state index in [1.807, 2.05) is 59.3 Å². The second-order valence-electron chi connectivity index (χ2n) is 7.13. The fourth-order valence-electron chi connectivity index (χ4n) is 3.50. The summed E-state index contributed by atoms with van der Waals surface area (Å²) in [5.41, 5.74) is 2.00. The molecule has 0 aliphatic carbocycles. The Morgan fingerprint density at radius 2 is 1.90 bits per heavy atom. The third-order valence-electron chi connectivity index (χ3n) is 5.01. The SMILES string of the molecule is CCNc1ccc(OCC2COC(Cn3ccnc3)(c3ccc(OC)cc3)O2)cc1. The number of anilines is 1. The van der Waals surface area contributed by atoms with Crippen LogP contribution in [0.2, 0.25) is 0 Å². The van der Waals surface area contributed by atoms with Crippen LogP contribution in [0.25, 0.3) is 0 Å². The van der Waals surface area contributed by atoms with E-state index in [2.05, 4.69) is 17.2 Å². The maximum atomic E-state index is 6.42. The minimum atomic E-state index is -0.907. The lowest BCUT2D eigenvalue weighted by molar-refractivity contribution is -0.189. The van der Waals surface area contributed by atoms with Crippen LogP contribution < -0.4 is 14.8 Å². The van der Waals surface area contributed by atoms with Crippen molar-refractivity contribution in [3.63, 3.8) is 0 Å². The van der Waals surface area contributed by atoms with Crippen molar-refractivity contribution in [1.29, 1.82) is 0 Å². The highest BCUT2D eigenvalue weighted by molar-refractivity contribution is 5.46. The molecule has 0 bridgehead atoms. The molecular weight excluding hydrogens is 382 g/mol. The van der Waals surface area contributed by atoms with E-state index < -0.39 is 5.79 Å². The molecule has 4 rings (SSSR count). The number of hydrogen-bond acceptors (Lipinski definition) is 6. The molecule has 0 saturated carbocycles. The molecular formula is C23H27N3O4. The van der Waals surface area contributed by atoms with Gasteiger partial charge in [0.1, 0.15) is 24.2 Å². The second kappa shape index (κ2) is 9.19. The van der Waals surface area contributed by atoms with Crippen molar-refractivity contribution in [2.24, 2.45) is 0 Å². The average molecular weight is 409 g/mol. The zero-order valence-electron chi connectivity index (χ0n) is 17.3. The van der Waals surface area contributed by atoms with Crippen LogP contribution in [0.5, 0.6) is 11.5 Å². The molecule has 7 nitrogen and oxygen atoms in total. The minimum Gasteiger partial charge on any atom is -0.497 e. The van der Waals surface area contributed by atoms with Gasteiger partial charge in [0.2, 0.25) is 5.79 Å². The lowest BCUT2D eigenvalue weighted by atomic mass is 10.1. The lowest BCUT2D eigenvalue weighted by Crippen LogP contribution is -2.34. The normalized spacial score (nSPS) is 20.8. The molecule has 0 radical (unpaired) electrons. The van der Waals surface area contributed by atoms with Gasteiger partial charge < -0.3 is 28.8 Å². The monoisotopic (exact) mass is 409 g/mol. The van der Waals surface area contributed by atoms with Crippen molar-refractivity contribution >= 4 is 5.69 Å². The lowest BCUT2D eigenvalue weighted by Gasteiger charge is -2.29. The predicted molar refractivity (Wildman–Crippen MR) is 114 cm³/mol. The van der Waals surface area contributed by atoms with Gasteiger partial charge in [0, 0.05) is 30.2 Å². The smallest absolute Gasteiger partial charge is 0.214 e. The van der Waals surface area contributed by atoms with E-state index in [1.165, 1.54) is 0 Å². The first-order valence-electron chi connectivity index (χ1n) is 10.1. The molecule has 2 heterocycles. The number of methoxy groups -OCH3 is 1. The van der Waals surface area contributed by atoms with Gasteiger partial charge in [-0.15, -0.1) is 0 Å². The van der Waals surface area contributed by atoms with Crippen LogP contribution in [-0.2, 0) is 21.8 Å². The first-order valence-corrected chi connectivity index (χ1v) is 10.1. The zero-order valence-corrected chi connectivity index (χ0v) is 17.3. The van der Waals surface area contributed by atoms with Crippen LogP contribution in [-0.4, -0.2) is 42.5 Å². The first kappa shape index (κ1) is 20.3. The van der Waals surface area contributed by atoms with Gasteiger partial charge in [0.05, 0.1) is 26.6 Å². The maximum Gasteiger partial charge on any atom is 0.214 e. The molecule has 1 N–H and O–H groups in total. The molecule has 7 heteroatoms. The Morgan fingerprint density at radius 1 is 1.13 bits per heavy atom. The number of rotatable bonds is 9. The molecule has 1 fully saturated rings. The summed E-state index contributed by atoms with van der Waals surface area (Å²) in [5, 5.41) is 3.27. The summed E-state index contributed by atoms with van der Waals surface area (Å²) in [6.07, 6.45) is 5.21.